The summed E-state index contributed by atoms with van der Waals surface area (Å²) in [5, 5.41) is 2.70. The van der Waals surface area contributed by atoms with E-state index in [1.165, 1.54) is 16.4 Å². The monoisotopic (exact) mass is 454 g/mol. The molecule has 0 spiro atoms. The number of sulfonamides is 1. The van der Waals surface area contributed by atoms with Gasteiger partial charge in [-0.3, -0.25) is 4.79 Å². The van der Waals surface area contributed by atoms with Crippen molar-refractivity contribution in [1.82, 2.24) is 9.62 Å². The summed E-state index contributed by atoms with van der Waals surface area (Å²) in [6.07, 6.45) is 2.84. The van der Waals surface area contributed by atoms with Gasteiger partial charge in [0, 0.05) is 25.2 Å². The minimum atomic E-state index is -3.46. The quantitative estimate of drug-likeness (QED) is 0.748. The normalized spacial score (nSPS) is 15.5. The molecule has 0 aromatic heterocycles. The van der Waals surface area contributed by atoms with Gasteiger partial charge in [-0.05, 0) is 64.7 Å². The first-order valence-corrected chi connectivity index (χ1v) is 10.9. The molecule has 0 bridgehead atoms. The standard InChI is InChI=1S/C19H20BrFN2O3S/c20-17-9-6-15(12-18(17)21)19(24)22-13-14-4-7-16(8-5-14)27(25,26)23-10-2-1-3-11-23/h4-9,12H,1-3,10-11,13H2,(H,22,24). The highest BCUT2D eigenvalue weighted by atomic mass is 79.9. The highest BCUT2D eigenvalue weighted by Crippen LogP contribution is 2.21. The van der Waals surface area contributed by atoms with Crippen LogP contribution in [0.15, 0.2) is 51.8 Å². The summed E-state index contributed by atoms with van der Waals surface area (Å²) in [7, 11) is -3.46. The summed E-state index contributed by atoms with van der Waals surface area (Å²) in [5.74, 6) is -0.902. The molecule has 2 aromatic rings. The highest BCUT2D eigenvalue weighted by Gasteiger charge is 2.25. The van der Waals surface area contributed by atoms with Crippen molar-refractivity contribution in [2.24, 2.45) is 0 Å². The molecule has 3 rings (SSSR count). The molecule has 8 heteroatoms. The zero-order chi connectivity index (χ0) is 19.4. The third kappa shape index (κ3) is 4.75. The van der Waals surface area contributed by atoms with Crippen LogP contribution in [0.4, 0.5) is 4.39 Å². The maximum Gasteiger partial charge on any atom is 0.251 e. The van der Waals surface area contributed by atoms with E-state index < -0.39 is 21.7 Å². The molecule has 0 aliphatic carbocycles. The molecule has 1 fully saturated rings. The first-order chi connectivity index (χ1) is 12.9. The molecule has 1 aliphatic heterocycles. The lowest BCUT2D eigenvalue weighted by atomic mass is 10.2. The molecule has 1 N–H and O–H groups in total. The summed E-state index contributed by atoms with van der Waals surface area (Å²) in [5.41, 5.74) is 0.985. The van der Waals surface area contributed by atoms with Gasteiger partial charge in [-0.25, -0.2) is 12.8 Å². The van der Waals surface area contributed by atoms with Crippen molar-refractivity contribution in [3.63, 3.8) is 0 Å². The van der Waals surface area contributed by atoms with Gasteiger partial charge >= 0.3 is 0 Å². The fourth-order valence-electron chi connectivity index (χ4n) is 2.96. The number of hydrogen-bond donors (Lipinski definition) is 1. The zero-order valence-electron chi connectivity index (χ0n) is 14.6. The van der Waals surface area contributed by atoms with Crippen molar-refractivity contribution in [3.05, 3.63) is 63.9 Å². The van der Waals surface area contributed by atoms with Gasteiger partial charge in [-0.1, -0.05) is 18.6 Å². The van der Waals surface area contributed by atoms with Crippen LogP contribution in [0.5, 0.6) is 0 Å². The maximum absolute atomic E-state index is 13.5. The van der Waals surface area contributed by atoms with Crippen molar-refractivity contribution >= 4 is 31.9 Å². The van der Waals surface area contributed by atoms with Crippen molar-refractivity contribution < 1.29 is 17.6 Å². The highest BCUT2D eigenvalue weighted by molar-refractivity contribution is 9.10. The molecule has 144 valence electrons. The van der Waals surface area contributed by atoms with Gasteiger partial charge in [0.2, 0.25) is 10.0 Å². The van der Waals surface area contributed by atoms with Crippen LogP contribution in [-0.4, -0.2) is 31.7 Å². The molecular formula is C19H20BrFN2O3S. The van der Waals surface area contributed by atoms with E-state index in [0.717, 1.165) is 30.9 Å². The van der Waals surface area contributed by atoms with E-state index in [9.17, 15) is 17.6 Å². The minimum absolute atomic E-state index is 0.222. The fraction of sp³-hybridized carbons (Fsp3) is 0.316. The molecule has 1 amide bonds. The van der Waals surface area contributed by atoms with Crippen molar-refractivity contribution in [1.29, 1.82) is 0 Å². The van der Waals surface area contributed by atoms with Crippen molar-refractivity contribution in [3.8, 4) is 0 Å². The number of carbonyl (C=O) groups excluding carboxylic acids is 1. The topological polar surface area (TPSA) is 66.5 Å². The van der Waals surface area contributed by atoms with Crippen LogP contribution >= 0.6 is 15.9 Å². The molecule has 1 saturated heterocycles. The zero-order valence-corrected chi connectivity index (χ0v) is 17.0. The summed E-state index contributed by atoms with van der Waals surface area (Å²) in [4.78, 5) is 12.4. The number of halogens is 2. The molecule has 0 atom stereocenters. The second-order valence-electron chi connectivity index (χ2n) is 6.42. The van der Waals surface area contributed by atoms with Gasteiger partial charge in [-0.15, -0.1) is 0 Å². The lowest BCUT2D eigenvalue weighted by Gasteiger charge is -2.25. The van der Waals surface area contributed by atoms with Crippen LogP contribution in [0, 0.1) is 5.82 Å². The van der Waals surface area contributed by atoms with Crippen LogP contribution in [0.3, 0.4) is 0 Å². The lowest BCUT2D eigenvalue weighted by molar-refractivity contribution is 0.0950. The van der Waals surface area contributed by atoms with E-state index in [1.807, 2.05) is 0 Å². The predicted octanol–water partition coefficient (Wildman–Crippen LogP) is 3.69. The number of piperidine rings is 1. The Labute approximate surface area is 166 Å². The Morgan fingerprint density at radius 1 is 1.07 bits per heavy atom. The smallest absolute Gasteiger partial charge is 0.251 e. The van der Waals surface area contributed by atoms with Gasteiger partial charge in [0.1, 0.15) is 5.82 Å². The predicted molar refractivity (Wildman–Crippen MR) is 104 cm³/mol. The second-order valence-corrected chi connectivity index (χ2v) is 9.21. The Balaban J connectivity index is 1.63. The molecule has 27 heavy (non-hydrogen) atoms. The van der Waals surface area contributed by atoms with Crippen LogP contribution in [0.2, 0.25) is 0 Å². The van der Waals surface area contributed by atoms with Crippen LogP contribution in [0.1, 0.15) is 35.2 Å². The SMILES string of the molecule is O=C(NCc1ccc(S(=O)(=O)N2CCCCC2)cc1)c1ccc(Br)c(F)c1. The third-order valence-corrected chi connectivity index (χ3v) is 7.07. The van der Waals surface area contributed by atoms with E-state index in [4.69, 9.17) is 0 Å². The molecule has 1 aliphatic rings. The van der Waals surface area contributed by atoms with Gasteiger partial charge in [0.15, 0.2) is 0 Å². The first kappa shape index (κ1) is 20.0. The van der Waals surface area contributed by atoms with Crippen LogP contribution < -0.4 is 5.32 Å². The lowest BCUT2D eigenvalue weighted by Crippen LogP contribution is -2.35. The molecule has 5 nitrogen and oxygen atoms in total. The average Bonchev–Trinajstić information content (AvgIpc) is 2.69. The molecule has 0 unspecified atom stereocenters. The largest absolute Gasteiger partial charge is 0.348 e. The van der Waals surface area contributed by atoms with E-state index in [0.29, 0.717) is 17.6 Å². The molecular weight excluding hydrogens is 435 g/mol. The minimum Gasteiger partial charge on any atom is -0.348 e. The van der Waals surface area contributed by atoms with Gasteiger partial charge in [-0.2, -0.15) is 4.31 Å². The van der Waals surface area contributed by atoms with Crippen LogP contribution in [0.25, 0.3) is 0 Å². The van der Waals surface area contributed by atoms with Crippen molar-refractivity contribution in [2.45, 2.75) is 30.7 Å². The Morgan fingerprint density at radius 2 is 1.74 bits per heavy atom. The third-order valence-electron chi connectivity index (χ3n) is 4.51. The van der Waals surface area contributed by atoms with E-state index in [2.05, 4.69) is 21.2 Å². The number of hydrogen-bond acceptors (Lipinski definition) is 3. The Morgan fingerprint density at radius 3 is 2.37 bits per heavy atom. The Hall–Kier alpha value is -1.77. The Bertz CT molecular complexity index is 926. The maximum atomic E-state index is 13.5. The van der Waals surface area contributed by atoms with E-state index >= 15 is 0 Å². The number of rotatable bonds is 5. The number of nitrogens with zero attached hydrogens (tertiary/aromatic N) is 1. The van der Waals surface area contributed by atoms with Gasteiger partial charge < -0.3 is 5.32 Å². The summed E-state index contributed by atoms with van der Waals surface area (Å²) in [6, 6.07) is 10.6. The first-order valence-electron chi connectivity index (χ1n) is 8.70. The summed E-state index contributed by atoms with van der Waals surface area (Å²) in [6.45, 7) is 1.34. The summed E-state index contributed by atoms with van der Waals surface area (Å²) >= 11 is 3.05. The van der Waals surface area contributed by atoms with Gasteiger partial charge in [0.25, 0.3) is 5.91 Å². The molecule has 2 aromatic carbocycles. The van der Waals surface area contributed by atoms with Crippen LogP contribution in [-0.2, 0) is 16.6 Å². The van der Waals surface area contributed by atoms with Gasteiger partial charge in [0.05, 0.1) is 9.37 Å². The summed E-state index contributed by atoms with van der Waals surface area (Å²) < 4.78 is 40.6. The molecule has 0 saturated carbocycles. The molecule has 0 radical (unpaired) electrons. The second kappa shape index (κ2) is 8.50. The number of benzene rings is 2. The number of carbonyl (C=O) groups is 1. The van der Waals surface area contributed by atoms with E-state index in [1.54, 1.807) is 24.3 Å². The fourth-order valence-corrected chi connectivity index (χ4v) is 4.72. The Kier molecular flexibility index (Phi) is 6.29. The number of nitrogens with one attached hydrogen (secondary N) is 1. The van der Waals surface area contributed by atoms with E-state index in [-0.39, 0.29) is 17.0 Å². The van der Waals surface area contributed by atoms with Crippen molar-refractivity contribution in [2.75, 3.05) is 13.1 Å². The number of amides is 1. The molecule has 1 heterocycles. The average molecular weight is 455 g/mol.